The molecular weight excluding hydrogens is 484 g/mol. The van der Waals surface area contributed by atoms with Gasteiger partial charge in [-0.2, -0.15) is 4.31 Å². The van der Waals surface area contributed by atoms with Crippen molar-refractivity contribution in [3.63, 3.8) is 0 Å². The van der Waals surface area contributed by atoms with Crippen molar-refractivity contribution in [1.82, 2.24) is 9.46 Å². The summed E-state index contributed by atoms with van der Waals surface area (Å²) in [4.78, 5) is 2.27. The summed E-state index contributed by atoms with van der Waals surface area (Å²) in [5.74, 6) is 0.600. The van der Waals surface area contributed by atoms with Crippen molar-refractivity contribution in [2.24, 2.45) is 5.92 Å². The van der Waals surface area contributed by atoms with Crippen molar-refractivity contribution in [3.8, 4) is 11.1 Å². The summed E-state index contributed by atoms with van der Waals surface area (Å²) in [7, 11) is -2.14. The maximum atomic E-state index is 13.9. The summed E-state index contributed by atoms with van der Waals surface area (Å²) in [5, 5.41) is 4.90. The van der Waals surface area contributed by atoms with E-state index >= 15 is 0 Å². The van der Waals surface area contributed by atoms with Crippen LogP contribution < -0.4 is 10.6 Å². The highest BCUT2D eigenvalue weighted by Crippen LogP contribution is 2.43. The van der Waals surface area contributed by atoms with Gasteiger partial charge in [-0.3, -0.25) is 0 Å². The van der Waals surface area contributed by atoms with Crippen molar-refractivity contribution in [2.75, 3.05) is 24.2 Å². The van der Waals surface area contributed by atoms with Gasteiger partial charge in [-0.15, -0.1) is 0 Å². The highest BCUT2D eigenvalue weighted by molar-refractivity contribution is 7.89. The van der Waals surface area contributed by atoms with E-state index in [1.165, 1.54) is 4.31 Å². The zero-order valence-electron chi connectivity index (χ0n) is 19.8. The molecule has 2 heterocycles. The van der Waals surface area contributed by atoms with Crippen LogP contribution >= 0.6 is 11.6 Å². The summed E-state index contributed by atoms with van der Waals surface area (Å²) >= 11 is 6.81. The van der Waals surface area contributed by atoms with E-state index in [1.807, 2.05) is 42.5 Å². The Hall–Kier alpha value is -3.07. The van der Waals surface area contributed by atoms with Crippen LogP contribution in [0.4, 0.5) is 17.2 Å². The lowest BCUT2D eigenvalue weighted by Gasteiger charge is -2.30. The number of para-hydroxylation sites is 1. The van der Waals surface area contributed by atoms with Crippen molar-refractivity contribution in [1.29, 1.82) is 0 Å². The van der Waals surface area contributed by atoms with Gasteiger partial charge in [0.15, 0.2) is 11.4 Å². The Morgan fingerprint density at radius 1 is 1.14 bits per heavy atom. The summed E-state index contributed by atoms with van der Waals surface area (Å²) in [6.07, 6.45) is 0.733. The molecule has 0 aliphatic carbocycles. The number of halogens is 1. The highest BCUT2D eigenvalue weighted by atomic mass is 35.5. The zero-order chi connectivity index (χ0) is 24.9. The van der Waals surface area contributed by atoms with Gasteiger partial charge in [-0.05, 0) is 54.3 Å². The Morgan fingerprint density at radius 2 is 1.89 bits per heavy atom. The molecule has 0 saturated carbocycles. The minimum absolute atomic E-state index is 0.206. The number of aromatic nitrogens is 1. The molecule has 4 aromatic rings. The molecule has 0 spiro atoms. The number of rotatable bonds is 4. The lowest BCUT2D eigenvalue weighted by Crippen LogP contribution is -2.41. The van der Waals surface area contributed by atoms with Crippen LogP contribution in [-0.4, -0.2) is 37.5 Å². The second-order valence-electron chi connectivity index (χ2n) is 9.33. The van der Waals surface area contributed by atoms with E-state index in [1.54, 1.807) is 25.2 Å². The third-order valence-electron chi connectivity index (χ3n) is 6.52. The van der Waals surface area contributed by atoms with Gasteiger partial charge in [0.2, 0.25) is 10.0 Å². The number of nitrogens with zero attached hydrogens (tertiary/aromatic N) is 3. The maximum absolute atomic E-state index is 13.9. The molecule has 1 aliphatic heterocycles. The van der Waals surface area contributed by atoms with E-state index in [0.29, 0.717) is 39.7 Å². The van der Waals surface area contributed by atoms with Gasteiger partial charge >= 0.3 is 0 Å². The third kappa shape index (κ3) is 4.16. The van der Waals surface area contributed by atoms with Gasteiger partial charge in [0.1, 0.15) is 4.90 Å². The number of hydrogen-bond acceptors (Lipinski definition) is 6. The third-order valence-corrected chi connectivity index (χ3v) is 8.78. The minimum Gasteiger partial charge on any atom is -0.380 e. The van der Waals surface area contributed by atoms with Crippen molar-refractivity contribution in [2.45, 2.75) is 31.2 Å². The summed E-state index contributed by atoms with van der Waals surface area (Å²) < 4.78 is 34.6. The molecule has 3 aromatic carbocycles. The van der Waals surface area contributed by atoms with E-state index in [9.17, 15) is 8.42 Å². The van der Waals surface area contributed by atoms with Gasteiger partial charge in [0, 0.05) is 30.9 Å². The molecule has 0 fully saturated rings. The van der Waals surface area contributed by atoms with Crippen LogP contribution in [0, 0.1) is 5.92 Å². The Balaban J connectivity index is 1.73. The Kier molecular flexibility index (Phi) is 5.99. The molecule has 5 rings (SSSR count). The van der Waals surface area contributed by atoms with Crippen LogP contribution in [0.3, 0.4) is 0 Å². The molecule has 0 bridgehead atoms. The summed E-state index contributed by atoms with van der Waals surface area (Å²) in [5.41, 5.74) is 9.30. The first kappa shape index (κ1) is 23.7. The van der Waals surface area contributed by atoms with E-state index in [-0.39, 0.29) is 16.8 Å². The first-order valence-corrected chi connectivity index (χ1v) is 13.3. The predicted molar refractivity (Wildman–Crippen MR) is 141 cm³/mol. The number of nitrogens with two attached hydrogens (primary N) is 1. The lowest BCUT2D eigenvalue weighted by atomic mass is 10.0. The fraction of sp³-hybridized carbons (Fsp3) is 0.269. The van der Waals surface area contributed by atoms with Crippen LogP contribution in [0.15, 0.2) is 70.1 Å². The van der Waals surface area contributed by atoms with Gasteiger partial charge in [-0.25, -0.2) is 8.42 Å². The molecule has 1 aliphatic rings. The first-order valence-electron chi connectivity index (χ1n) is 11.5. The van der Waals surface area contributed by atoms with E-state index in [2.05, 4.69) is 23.9 Å². The largest absolute Gasteiger partial charge is 0.380 e. The average molecular weight is 511 g/mol. The van der Waals surface area contributed by atoms with Gasteiger partial charge in [0.05, 0.1) is 16.1 Å². The molecule has 2 N–H and O–H groups in total. The summed E-state index contributed by atoms with van der Waals surface area (Å²) in [6.45, 7) is 4.73. The molecule has 0 unspecified atom stereocenters. The smallest absolute Gasteiger partial charge is 0.245 e. The van der Waals surface area contributed by atoms with Crippen molar-refractivity contribution >= 4 is 49.8 Å². The minimum atomic E-state index is -3.80. The number of anilines is 3. The van der Waals surface area contributed by atoms with E-state index < -0.39 is 10.0 Å². The number of benzene rings is 3. The standard InChI is InChI=1S/C26H27ClN4O3S/c1-16(2)11-19-15-31(18-7-5-4-6-8-18)23-14-22(27)20(13-25(23)35(32,33)30(19)3)17-9-10-24-21(12-17)26(28)29-34-24/h4-10,12-14,16,19H,11,15H2,1-3H3,(H2,28,29)/t19-/m1/s1. The number of fused-ring (bicyclic) bond motifs is 2. The molecule has 35 heavy (non-hydrogen) atoms. The Labute approximate surface area is 210 Å². The van der Waals surface area contributed by atoms with Crippen molar-refractivity contribution < 1.29 is 12.9 Å². The molecule has 9 heteroatoms. The van der Waals surface area contributed by atoms with E-state index in [4.69, 9.17) is 21.9 Å². The summed E-state index contributed by atoms with van der Waals surface area (Å²) in [6, 6.07) is 18.4. The van der Waals surface area contributed by atoms with Gasteiger partial charge in [-0.1, -0.05) is 54.9 Å². The van der Waals surface area contributed by atoms with Crippen LogP contribution in [0.5, 0.6) is 0 Å². The SMILES string of the molecule is CC(C)C[C@@H]1CN(c2ccccc2)c2cc(Cl)c(-c3ccc4onc(N)c4c3)cc2S(=O)(=O)N1C. The topological polar surface area (TPSA) is 92.7 Å². The number of likely N-dealkylation sites (N-methyl/N-ethyl adjacent to an activating group) is 1. The lowest BCUT2D eigenvalue weighted by molar-refractivity contribution is 0.326. The van der Waals surface area contributed by atoms with Crippen LogP contribution in [-0.2, 0) is 10.0 Å². The molecule has 0 amide bonds. The average Bonchev–Trinajstić information content (AvgIpc) is 3.18. The molecule has 1 atom stereocenters. The fourth-order valence-electron chi connectivity index (χ4n) is 4.70. The molecule has 0 saturated heterocycles. The molecule has 7 nitrogen and oxygen atoms in total. The number of nitrogen functional groups attached to an aromatic ring is 1. The number of sulfonamides is 1. The fourth-order valence-corrected chi connectivity index (χ4v) is 6.52. The first-order chi connectivity index (χ1) is 16.7. The maximum Gasteiger partial charge on any atom is 0.245 e. The zero-order valence-corrected chi connectivity index (χ0v) is 21.3. The second-order valence-corrected chi connectivity index (χ2v) is 11.7. The van der Waals surface area contributed by atoms with E-state index in [0.717, 1.165) is 17.7 Å². The monoisotopic (exact) mass is 510 g/mol. The van der Waals surface area contributed by atoms with Gasteiger partial charge < -0.3 is 15.2 Å². The normalized spacial score (nSPS) is 18.1. The Morgan fingerprint density at radius 3 is 2.60 bits per heavy atom. The molecule has 1 aromatic heterocycles. The van der Waals surface area contributed by atoms with Crippen molar-refractivity contribution in [3.05, 3.63) is 65.7 Å². The Bertz CT molecular complexity index is 1500. The van der Waals surface area contributed by atoms with Crippen LogP contribution in [0.25, 0.3) is 22.1 Å². The molecular formula is C26H27ClN4O3S. The molecule has 0 radical (unpaired) electrons. The quantitative estimate of drug-likeness (QED) is 0.366. The predicted octanol–water partition coefficient (Wildman–Crippen LogP) is 5.92. The second kappa shape index (κ2) is 8.86. The van der Waals surface area contributed by atoms with Gasteiger partial charge in [0.25, 0.3) is 0 Å². The number of hydrogen-bond donors (Lipinski definition) is 1. The van der Waals surface area contributed by atoms with Crippen LogP contribution in [0.2, 0.25) is 5.02 Å². The highest BCUT2D eigenvalue weighted by Gasteiger charge is 2.37. The van der Waals surface area contributed by atoms with Crippen LogP contribution in [0.1, 0.15) is 20.3 Å². The molecule has 182 valence electrons.